The molecule has 8 nitrogen and oxygen atoms in total. The van der Waals surface area contributed by atoms with Gasteiger partial charge in [-0.1, -0.05) is 0 Å². The first-order valence-electron chi connectivity index (χ1n) is 8.97. The number of nitrogens with one attached hydrogen (secondary N) is 1. The zero-order chi connectivity index (χ0) is 18.3. The van der Waals surface area contributed by atoms with Crippen molar-refractivity contribution in [2.75, 3.05) is 0 Å². The van der Waals surface area contributed by atoms with E-state index in [1.54, 1.807) is 17.1 Å². The van der Waals surface area contributed by atoms with E-state index in [0.717, 1.165) is 17.9 Å². The fourth-order valence-electron chi connectivity index (χ4n) is 3.57. The van der Waals surface area contributed by atoms with E-state index in [1.807, 2.05) is 19.1 Å². The molecule has 0 aromatic carbocycles. The highest BCUT2D eigenvalue weighted by molar-refractivity contribution is 7.90. The molecule has 2 aliphatic carbocycles. The smallest absolute Gasteiger partial charge is 0.214 e. The summed E-state index contributed by atoms with van der Waals surface area (Å²) in [7, 11) is -3.35. The van der Waals surface area contributed by atoms with Gasteiger partial charge < -0.3 is 5.11 Å². The van der Waals surface area contributed by atoms with Gasteiger partial charge in [-0.25, -0.2) is 22.8 Å². The molecule has 0 saturated heterocycles. The van der Waals surface area contributed by atoms with Gasteiger partial charge in [0.1, 0.15) is 11.6 Å². The highest BCUT2D eigenvalue weighted by Crippen LogP contribution is 2.35. The van der Waals surface area contributed by atoms with Gasteiger partial charge in [0, 0.05) is 18.2 Å². The summed E-state index contributed by atoms with van der Waals surface area (Å²) in [4.78, 5) is 8.72. The van der Waals surface area contributed by atoms with E-state index in [0.29, 0.717) is 31.5 Å². The van der Waals surface area contributed by atoms with Gasteiger partial charge in [-0.2, -0.15) is 5.10 Å². The number of hydrogen-bond acceptors (Lipinski definition) is 6. The normalized spacial score (nSPS) is 26.8. The van der Waals surface area contributed by atoms with Crippen molar-refractivity contribution in [3.8, 4) is 5.69 Å². The molecule has 4 rings (SSSR count). The number of sulfonamides is 1. The minimum absolute atomic E-state index is 0.0201. The molecule has 26 heavy (non-hydrogen) atoms. The molecule has 2 aliphatic rings. The number of hydrogen-bond donors (Lipinski definition) is 2. The average Bonchev–Trinajstić information content (AvgIpc) is 3.41. The second-order valence-corrected chi connectivity index (χ2v) is 9.18. The van der Waals surface area contributed by atoms with Crippen LogP contribution in [-0.4, -0.2) is 50.7 Å². The zero-order valence-corrected chi connectivity index (χ0v) is 15.4. The molecular weight excluding hydrogens is 354 g/mol. The summed E-state index contributed by atoms with van der Waals surface area (Å²) in [5.41, 5.74) is 0.823. The van der Waals surface area contributed by atoms with Crippen LogP contribution in [0.4, 0.5) is 0 Å². The standard InChI is InChI=1S/C17H23N5O3S/c1-11-19-17(22(20-11)13-3-2-8-18-10-13)12-4-7-16(23)15(9-12)21-26(24,25)14-5-6-14/h2-3,8,10,12,14-16,21,23H,4-7,9H2,1H3/t12-,15+,16+/m0/s1. The maximum atomic E-state index is 12.3. The average molecular weight is 377 g/mol. The Morgan fingerprint density at radius 1 is 1.27 bits per heavy atom. The number of aliphatic hydroxyl groups excluding tert-OH is 1. The van der Waals surface area contributed by atoms with Crippen LogP contribution in [0, 0.1) is 6.92 Å². The predicted octanol–water partition coefficient (Wildman–Crippen LogP) is 1.05. The van der Waals surface area contributed by atoms with Gasteiger partial charge in [-0.3, -0.25) is 4.98 Å². The molecule has 2 N–H and O–H groups in total. The lowest BCUT2D eigenvalue weighted by Gasteiger charge is -2.33. The second-order valence-electron chi connectivity index (χ2n) is 7.19. The van der Waals surface area contributed by atoms with Gasteiger partial charge in [0.15, 0.2) is 0 Å². The highest BCUT2D eigenvalue weighted by atomic mass is 32.2. The first kappa shape index (κ1) is 17.6. The Kier molecular flexibility index (Phi) is 4.54. The van der Waals surface area contributed by atoms with Crippen molar-refractivity contribution in [3.63, 3.8) is 0 Å². The Morgan fingerprint density at radius 2 is 2.08 bits per heavy atom. The SMILES string of the molecule is Cc1nc([C@H]2CC[C@@H](O)[C@H](NS(=O)(=O)C3CC3)C2)n(-c2cccnc2)n1. The van der Waals surface area contributed by atoms with Gasteiger partial charge in [0.05, 0.1) is 23.2 Å². The quantitative estimate of drug-likeness (QED) is 0.806. The molecule has 9 heteroatoms. The fourth-order valence-corrected chi connectivity index (χ4v) is 5.19. The van der Waals surface area contributed by atoms with Crippen LogP contribution in [0.1, 0.15) is 49.7 Å². The molecule has 0 spiro atoms. The fraction of sp³-hybridized carbons (Fsp3) is 0.588. The lowest BCUT2D eigenvalue weighted by Crippen LogP contribution is -2.47. The molecule has 0 amide bonds. The lowest BCUT2D eigenvalue weighted by molar-refractivity contribution is 0.0918. The van der Waals surface area contributed by atoms with Crippen LogP contribution in [-0.2, 0) is 10.0 Å². The summed E-state index contributed by atoms with van der Waals surface area (Å²) in [6.45, 7) is 1.83. The largest absolute Gasteiger partial charge is 0.391 e. The summed E-state index contributed by atoms with van der Waals surface area (Å²) >= 11 is 0. The van der Waals surface area contributed by atoms with E-state index in [-0.39, 0.29) is 11.2 Å². The zero-order valence-electron chi connectivity index (χ0n) is 14.6. The van der Waals surface area contributed by atoms with Crippen LogP contribution in [0.5, 0.6) is 0 Å². The molecule has 2 fully saturated rings. The molecule has 0 radical (unpaired) electrons. The second kappa shape index (κ2) is 6.71. The molecule has 140 valence electrons. The lowest BCUT2D eigenvalue weighted by atomic mass is 9.83. The Hall–Kier alpha value is -1.84. The van der Waals surface area contributed by atoms with Gasteiger partial charge in [0.25, 0.3) is 0 Å². The number of nitrogens with zero attached hydrogens (tertiary/aromatic N) is 4. The third-order valence-electron chi connectivity index (χ3n) is 5.09. The van der Waals surface area contributed by atoms with Crippen LogP contribution in [0.3, 0.4) is 0 Å². The van der Waals surface area contributed by atoms with E-state index in [2.05, 4.69) is 19.8 Å². The van der Waals surface area contributed by atoms with E-state index in [4.69, 9.17) is 0 Å². The van der Waals surface area contributed by atoms with Crippen LogP contribution in [0.2, 0.25) is 0 Å². The summed E-state index contributed by atoms with van der Waals surface area (Å²) in [6, 6.07) is 3.27. The highest BCUT2D eigenvalue weighted by Gasteiger charge is 2.40. The minimum Gasteiger partial charge on any atom is -0.391 e. The van der Waals surface area contributed by atoms with E-state index in [1.165, 1.54) is 0 Å². The number of aromatic nitrogens is 4. The van der Waals surface area contributed by atoms with Crippen molar-refractivity contribution in [1.29, 1.82) is 0 Å². The Balaban J connectivity index is 1.58. The van der Waals surface area contributed by atoms with Gasteiger partial charge in [0.2, 0.25) is 10.0 Å². The molecule has 3 atom stereocenters. The van der Waals surface area contributed by atoms with E-state index >= 15 is 0 Å². The molecular formula is C17H23N5O3S. The number of rotatable bonds is 5. The molecule has 2 aromatic rings. The summed E-state index contributed by atoms with van der Waals surface area (Å²) in [5.74, 6) is 1.47. The van der Waals surface area contributed by atoms with Crippen LogP contribution >= 0.6 is 0 Å². The van der Waals surface area contributed by atoms with Crippen molar-refractivity contribution < 1.29 is 13.5 Å². The van der Waals surface area contributed by atoms with Crippen LogP contribution in [0.15, 0.2) is 24.5 Å². The molecule has 2 aromatic heterocycles. The summed E-state index contributed by atoms with van der Waals surface area (Å²) < 4.78 is 29.1. The first-order valence-corrected chi connectivity index (χ1v) is 10.5. The third-order valence-corrected chi connectivity index (χ3v) is 7.07. The van der Waals surface area contributed by atoms with Crippen molar-refractivity contribution >= 4 is 10.0 Å². The maximum absolute atomic E-state index is 12.3. The van der Waals surface area contributed by atoms with Crippen molar-refractivity contribution in [2.24, 2.45) is 0 Å². The molecule has 0 bridgehead atoms. The molecule has 0 unspecified atom stereocenters. The Labute approximate surface area is 152 Å². The topological polar surface area (TPSA) is 110 Å². The third kappa shape index (κ3) is 3.51. The van der Waals surface area contributed by atoms with Crippen molar-refractivity contribution in [2.45, 2.75) is 62.3 Å². The van der Waals surface area contributed by atoms with E-state index in [9.17, 15) is 13.5 Å². The van der Waals surface area contributed by atoms with Crippen LogP contribution < -0.4 is 4.72 Å². The van der Waals surface area contributed by atoms with Crippen molar-refractivity contribution in [3.05, 3.63) is 36.2 Å². The number of pyridine rings is 1. The minimum atomic E-state index is -3.35. The van der Waals surface area contributed by atoms with Gasteiger partial charge in [-0.15, -0.1) is 0 Å². The number of aryl methyl sites for hydroxylation is 1. The van der Waals surface area contributed by atoms with Gasteiger partial charge >= 0.3 is 0 Å². The summed E-state index contributed by atoms with van der Waals surface area (Å²) in [6.07, 6.45) is 5.94. The maximum Gasteiger partial charge on any atom is 0.214 e. The first-order chi connectivity index (χ1) is 12.4. The Morgan fingerprint density at radius 3 is 2.77 bits per heavy atom. The number of aliphatic hydroxyl groups is 1. The van der Waals surface area contributed by atoms with Gasteiger partial charge in [-0.05, 0) is 51.2 Å². The molecule has 0 aliphatic heterocycles. The van der Waals surface area contributed by atoms with Crippen molar-refractivity contribution in [1.82, 2.24) is 24.5 Å². The molecule has 2 heterocycles. The van der Waals surface area contributed by atoms with Crippen LogP contribution in [0.25, 0.3) is 5.69 Å². The monoisotopic (exact) mass is 377 g/mol. The summed E-state index contributed by atoms with van der Waals surface area (Å²) in [5, 5.41) is 14.5. The van der Waals surface area contributed by atoms with E-state index < -0.39 is 22.2 Å². The molecule has 2 saturated carbocycles. The Bertz CT molecular complexity index is 879. The predicted molar refractivity (Wildman–Crippen MR) is 95.4 cm³/mol.